The number of benzene rings is 2. The lowest BCUT2D eigenvalue weighted by Crippen LogP contribution is -2.51. The van der Waals surface area contributed by atoms with Crippen LogP contribution in [0, 0.1) is 5.82 Å². The number of hydrogen-bond donors (Lipinski definition) is 1. The largest absolute Gasteiger partial charge is 0.497 e. The maximum absolute atomic E-state index is 13.6. The van der Waals surface area contributed by atoms with Gasteiger partial charge < -0.3 is 15.0 Å². The number of sulfonamides is 1. The third-order valence-electron chi connectivity index (χ3n) is 5.38. The molecule has 0 bridgehead atoms. The summed E-state index contributed by atoms with van der Waals surface area (Å²) in [6, 6.07) is 9.49. The van der Waals surface area contributed by atoms with Gasteiger partial charge in [0.25, 0.3) is 0 Å². The molecule has 8 nitrogen and oxygen atoms in total. The van der Waals surface area contributed by atoms with Crippen molar-refractivity contribution in [3.63, 3.8) is 0 Å². The lowest BCUT2D eigenvalue weighted by molar-refractivity contribution is -0.139. The summed E-state index contributed by atoms with van der Waals surface area (Å²) in [7, 11) is -2.40. The quantitative estimate of drug-likeness (QED) is 0.426. The van der Waals surface area contributed by atoms with Crippen LogP contribution in [0.1, 0.15) is 32.3 Å². The Labute approximate surface area is 211 Å². The number of unbranched alkanes of at least 4 members (excludes halogenated alkanes) is 1. The van der Waals surface area contributed by atoms with Crippen LogP contribution in [0.3, 0.4) is 0 Å². The van der Waals surface area contributed by atoms with Crippen molar-refractivity contribution in [2.24, 2.45) is 0 Å². The van der Waals surface area contributed by atoms with Gasteiger partial charge in [-0.05, 0) is 49.2 Å². The second-order valence-electron chi connectivity index (χ2n) is 8.06. The van der Waals surface area contributed by atoms with Crippen LogP contribution in [0.15, 0.2) is 42.5 Å². The van der Waals surface area contributed by atoms with Crippen LogP contribution in [0.4, 0.5) is 10.1 Å². The molecule has 0 unspecified atom stereocenters. The molecule has 35 heavy (non-hydrogen) atoms. The number of nitrogens with zero attached hydrogens (tertiary/aromatic N) is 2. The molecule has 0 radical (unpaired) electrons. The van der Waals surface area contributed by atoms with E-state index >= 15 is 0 Å². The average Bonchev–Trinajstić information content (AvgIpc) is 2.82. The van der Waals surface area contributed by atoms with Crippen LogP contribution < -0.4 is 14.4 Å². The number of nitrogens with one attached hydrogen (secondary N) is 1. The van der Waals surface area contributed by atoms with Gasteiger partial charge in [0.05, 0.1) is 24.1 Å². The summed E-state index contributed by atoms with van der Waals surface area (Å²) in [5, 5.41) is 2.53. The highest BCUT2D eigenvalue weighted by molar-refractivity contribution is 7.92. The molecular weight excluding hydrogens is 497 g/mol. The fraction of sp³-hybridized carbons (Fsp3) is 0.417. The second kappa shape index (κ2) is 12.7. The van der Waals surface area contributed by atoms with E-state index in [2.05, 4.69) is 5.32 Å². The van der Waals surface area contributed by atoms with E-state index in [0.29, 0.717) is 12.3 Å². The molecule has 0 heterocycles. The minimum absolute atomic E-state index is 0.0386. The van der Waals surface area contributed by atoms with Crippen molar-refractivity contribution >= 4 is 39.1 Å². The fourth-order valence-corrected chi connectivity index (χ4v) is 4.32. The molecule has 2 aromatic rings. The molecular formula is C24H31ClFN3O5S. The smallest absolute Gasteiger partial charge is 0.244 e. The lowest BCUT2D eigenvalue weighted by Gasteiger charge is -2.31. The van der Waals surface area contributed by atoms with Crippen molar-refractivity contribution in [1.29, 1.82) is 0 Å². The van der Waals surface area contributed by atoms with E-state index in [4.69, 9.17) is 16.3 Å². The molecule has 0 aromatic heterocycles. The summed E-state index contributed by atoms with van der Waals surface area (Å²) in [5.41, 5.74) is 0.764. The summed E-state index contributed by atoms with van der Waals surface area (Å²) >= 11 is 5.84. The number of carbonyl (C=O) groups excluding carboxylic acids is 2. The van der Waals surface area contributed by atoms with Gasteiger partial charge in [-0.2, -0.15) is 0 Å². The number of carbonyl (C=O) groups is 2. The van der Waals surface area contributed by atoms with Gasteiger partial charge >= 0.3 is 0 Å². The van der Waals surface area contributed by atoms with Crippen LogP contribution in [0.2, 0.25) is 5.02 Å². The van der Waals surface area contributed by atoms with Crippen molar-refractivity contribution in [2.75, 3.05) is 30.8 Å². The van der Waals surface area contributed by atoms with E-state index in [1.807, 2.05) is 6.92 Å². The lowest BCUT2D eigenvalue weighted by atomic mass is 10.1. The number of methoxy groups -OCH3 is 1. The summed E-state index contributed by atoms with van der Waals surface area (Å²) in [6.45, 7) is 3.52. The molecule has 11 heteroatoms. The third-order valence-corrected chi connectivity index (χ3v) is 6.81. The Morgan fingerprint density at radius 3 is 2.37 bits per heavy atom. The van der Waals surface area contributed by atoms with Crippen LogP contribution >= 0.6 is 11.6 Å². The first-order valence-corrected chi connectivity index (χ1v) is 13.3. The number of amides is 2. The number of halogens is 2. The first kappa shape index (κ1) is 28.4. The Hall–Kier alpha value is -2.85. The zero-order valence-corrected chi connectivity index (χ0v) is 21.8. The molecule has 2 aromatic carbocycles. The van der Waals surface area contributed by atoms with Crippen LogP contribution in [-0.4, -0.2) is 57.6 Å². The fourth-order valence-electron chi connectivity index (χ4n) is 3.30. The van der Waals surface area contributed by atoms with Gasteiger partial charge in [-0.25, -0.2) is 12.8 Å². The number of ether oxygens (including phenoxy) is 1. The monoisotopic (exact) mass is 527 g/mol. The third kappa shape index (κ3) is 8.10. The zero-order chi connectivity index (χ0) is 26.2. The van der Waals surface area contributed by atoms with Crippen molar-refractivity contribution < 1.29 is 27.1 Å². The predicted molar refractivity (Wildman–Crippen MR) is 135 cm³/mol. The van der Waals surface area contributed by atoms with E-state index in [9.17, 15) is 22.4 Å². The Balaban J connectivity index is 2.36. The van der Waals surface area contributed by atoms with E-state index in [1.54, 1.807) is 31.2 Å². The average molecular weight is 528 g/mol. The highest BCUT2D eigenvalue weighted by Gasteiger charge is 2.30. The molecule has 1 N–H and O–H groups in total. The molecule has 0 spiro atoms. The predicted octanol–water partition coefficient (Wildman–Crippen LogP) is 3.59. The van der Waals surface area contributed by atoms with Crippen LogP contribution in [-0.2, 0) is 26.2 Å². The Morgan fingerprint density at radius 1 is 1.17 bits per heavy atom. The van der Waals surface area contributed by atoms with E-state index in [0.717, 1.165) is 41.1 Å². The van der Waals surface area contributed by atoms with Gasteiger partial charge in [0, 0.05) is 13.1 Å². The highest BCUT2D eigenvalue weighted by atomic mass is 35.5. The molecule has 0 aliphatic carbocycles. The van der Waals surface area contributed by atoms with Gasteiger partial charge in [0.2, 0.25) is 21.8 Å². The van der Waals surface area contributed by atoms with E-state index < -0.39 is 34.3 Å². The van der Waals surface area contributed by atoms with Crippen molar-refractivity contribution in [1.82, 2.24) is 10.2 Å². The maximum atomic E-state index is 13.6. The second-order valence-corrected chi connectivity index (χ2v) is 10.4. The zero-order valence-electron chi connectivity index (χ0n) is 20.3. The van der Waals surface area contributed by atoms with Gasteiger partial charge in [-0.15, -0.1) is 0 Å². The molecule has 0 saturated heterocycles. The van der Waals surface area contributed by atoms with E-state index in [1.165, 1.54) is 18.1 Å². The summed E-state index contributed by atoms with van der Waals surface area (Å²) in [4.78, 5) is 27.5. The Bertz CT molecular complexity index is 1130. The first-order chi connectivity index (χ1) is 16.5. The molecule has 0 aliphatic heterocycles. The first-order valence-electron chi connectivity index (χ1n) is 11.1. The normalized spacial score (nSPS) is 12.1. The molecule has 0 fully saturated rings. The molecule has 2 rings (SSSR count). The Kier molecular flexibility index (Phi) is 10.3. The van der Waals surface area contributed by atoms with Crippen molar-refractivity contribution in [3.8, 4) is 5.75 Å². The van der Waals surface area contributed by atoms with Gasteiger partial charge in [0.1, 0.15) is 24.2 Å². The minimum Gasteiger partial charge on any atom is -0.497 e. The minimum atomic E-state index is -3.93. The van der Waals surface area contributed by atoms with Gasteiger partial charge in [0.15, 0.2) is 0 Å². The molecule has 192 valence electrons. The summed E-state index contributed by atoms with van der Waals surface area (Å²) < 4.78 is 44.7. The topological polar surface area (TPSA) is 96.0 Å². The molecule has 0 saturated carbocycles. The summed E-state index contributed by atoms with van der Waals surface area (Å²) in [5.74, 6) is -1.04. The SMILES string of the molecule is CCCCNC(=O)[C@H](C)N(Cc1ccc(OC)cc1)C(=O)CN(c1ccc(F)c(Cl)c1)S(C)(=O)=O. The molecule has 1 atom stereocenters. The van der Waals surface area contributed by atoms with E-state index in [-0.39, 0.29) is 23.2 Å². The standard InChI is InChI=1S/C24H31ClFN3O5S/c1-5-6-13-27-24(31)17(2)28(15-18-7-10-20(34-3)11-8-18)23(30)16-29(35(4,32)33)19-9-12-22(26)21(25)14-19/h7-12,14,17H,5-6,13,15-16H2,1-4H3,(H,27,31)/t17-/m0/s1. The number of anilines is 1. The van der Waals surface area contributed by atoms with Crippen molar-refractivity contribution in [3.05, 3.63) is 58.9 Å². The number of rotatable bonds is 12. The van der Waals surface area contributed by atoms with Crippen LogP contribution in [0.5, 0.6) is 5.75 Å². The molecule has 0 aliphatic rings. The molecule has 2 amide bonds. The van der Waals surface area contributed by atoms with Gasteiger partial charge in [-0.1, -0.05) is 37.1 Å². The van der Waals surface area contributed by atoms with Gasteiger partial charge in [-0.3, -0.25) is 13.9 Å². The van der Waals surface area contributed by atoms with Crippen LogP contribution in [0.25, 0.3) is 0 Å². The maximum Gasteiger partial charge on any atom is 0.244 e. The summed E-state index contributed by atoms with van der Waals surface area (Å²) in [6.07, 6.45) is 2.62. The highest BCUT2D eigenvalue weighted by Crippen LogP contribution is 2.25. The Morgan fingerprint density at radius 2 is 1.83 bits per heavy atom. The number of hydrogen-bond acceptors (Lipinski definition) is 5. The van der Waals surface area contributed by atoms with Crippen molar-refractivity contribution in [2.45, 2.75) is 39.3 Å².